The number of rotatable bonds is 4. The highest BCUT2D eigenvalue weighted by Crippen LogP contribution is 2.29. The molecule has 1 aromatic heterocycles. The Kier molecular flexibility index (Phi) is 7.27. The van der Waals surface area contributed by atoms with E-state index in [2.05, 4.69) is 69.7 Å². The lowest BCUT2D eigenvalue weighted by molar-refractivity contribution is 0.0601. The largest absolute Gasteiger partial charge is 0.493 e. The predicted molar refractivity (Wildman–Crippen MR) is 120 cm³/mol. The molecule has 0 saturated carbocycles. The summed E-state index contributed by atoms with van der Waals surface area (Å²) in [7, 11) is 3.08. The van der Waals surface area contributed by atoms with Crippen LogP contribution in [-0.2, 0) is 11.2 Å². The van der Waals surface area contributed by atoms with E-state index >= 15 is 0 Å². The summed E-state index contributed by atoms with van der Waals surface area (Å²) in [5.41, 5.74) is 5.94. The molecular weight excluding hydrogens is 378 g/mol. The molecule has 2 aromatic carbocycles. The van der Waals surface area contributed by atoms with Gasteiger partial charge in [-0.3, -0.25) is 4.98 Å². The maximum absolute atomic E-state index is 11.1. The topological polar surface area (TPSA) is 72.5 Å². The van der Waals surface area contributed by atoms with E-state index in [-0.39, 0.29) is 5.97 Å². The molecule has 2 heterocycles. The fraction of sp³-hybridized carbons (Fsp3) is 0.250. The van der Waals surface area contributed by atoms with Gasteiger partial charge in [-0.05, 0) is 55.2 Å². The summed E-state index contributed by atoms with van der Waals surface area (Å²) in [6.07, 6.45) is 5.37. The first-order valence-electron chi connectivity index (χ1n) is 9.90. The molecule has 0 spiro atoms. The number of pyridine rings is 1. The number of nitrogens with one attached hydrogen (secondary N) is 2. The molecule has 6 heteroatoms. The van der Waals surface area contributed by atoms with Gasteiger partial charge < -0.3 is 20.1 Å². The molecule has 0 atom stereocenters. The minimum atomic E-state index is -0.359. The quantitative estimate of drug-likeness (QED) is 0.597. The number of hydrogen-bond acceptors (Lipinski definition) is 6. The van der Waals surface area contributed by atoms with E-state index in [4.69, 9.17) is 4.74 Å². The zero-order valence-corrected chi connectivity index (χ0v) is 17.6. The number of aromatic nitrogens is 1. The van der Waals surface area contributed by atoms with Crippen LogP contribution in [0.1, 0.15) is 27.9 Å². The first-order valence-corrected chi connectivity index (χ1v) is 9.90. The van der Waals surface area contributed by atoms with Crippen molar-refractivity contribution < 1.29 is 14.3 Å². The van der Waals surface area contributed by atoms with E-state index in [1.54, 1.807) is 25.5 Å². The van der Waals surface area contributed by atoms with E-state index in [1.807, 2.05) is 0 Å². The Morgan fingerprint density at radius 1 is 1.13 bits per heavy atom. The minimum absolute atomic E-state index is 0.359. The summed E-state index contributed by atoms with van der Waals surface area (Å²) >= 11 is 0. The molecule has 6 nitrogen and oxygen atoms in total. The number of benzene rings is 2. The summed E-state index contributed by atoms with van der Waals surface area (Å²) in [4.78, 5) is 15.0. The molecule has 2 N–H and O–H groups in total. The number of methoxy groups -OCH3 is 1. The molecule has 0 aliphatic carbocycles. The van der Waals surface area contributed by atoms with Crippen LogP contribution in [-0.4, -0.2) is 31.7 Å². The average molecular weight is 405 g/mol. The Balaban J connectivity index is 0.000000187. The van der Waals surface area contributed by atoms with Gasteiger partial charge in [0.2, 0.25) is 0 Å². The maximum atomic E-state index is 11.1. The van der Waals surface area contributed by atoms with Crippen molar-refractivity contribution in [2.75, 3.05) is 31.4 Å². The highest BCUT2D eigenvalue weighted by Gasteiger charge is 2.11. The number of carbonyl (C=O) groups is 1. The fourth-order valence-corrected chi connectivity index (χ4v) is 3.19. The van der Waals surface area contributed by atoms with Crippen LogP contribution < -0.4 is 15.4 Å². The minimum Gasteiger partial charge on any atom is -0.493 e. The van der Waals surface area contributed by atoms with Crippen LogP contribution >= 0.6 is 0 Å². The van der Waals surface area contributed by atoms with Crippen molar-refractivity contribution in [1.29, 1.82) is 0 Å². The van der Waals surface area contributed by atoms with Gasteiger partial charge in [-0.2, -0.15) is 0 Å². The number of aryl methyl sites for hydroxylation is 2. The second-order valence-corrected chi connectivity index (χ2v) is 6.93. The third-order valence-corrected chi connectivity index (χ3v) is 4.72. The van der Waals surface area contributed by atoms with Crippen LogP contribution in [0.25, 0.3) is 0 Å². The molecular formula is C24H27N3O3. The van der Waals surface area contributed by atoms with Gasteiger partial charge in [0.1, 0.15) is 5.75 Å². The number of anilines is 3. The van der Waals surface area contributed by atoms with Crippen molar-refractivity contribution in [2.24, 2.45) is 0 Å². The Bertz CT molecular complexity index is 1000. The third-order valence-electron chi connectivity index (χ3n) is 4.72. The van der Waals surface area contributed by atoms with Crippen molar-refractivity contribution in [2.45, 2.75) is 19.8 Å². The Labute approximate surface area is 177 Å². The first kappa shape index (κ1) is 21.2. The molecule has 30 heavy (non-hydrogen) atoms. The summed E-state index contributed by atoms with van der Waals surface area (Å²) in [5.74, 6) is 0.667. The van der Waals surface area contributed by atoms with Gasteiger partial charge in [-0.1, -0.05) is 18.2 Å². The summed E-state index contributed by atoms with van der Waals surface area (Å²) < 4.78 is 10.3. The monoisotopic (exact) mass is 405 g/mol. The van der Waals surface area contributed by atoms with Crippen LogP contribution in [0.5, 0.6) is 5.75 Å². The second-order valence-electron chi connectivity index (χ2n) is 6.93. The zero-order chi connectivity index (χ0) is 21.3. The molecule has 1 aliphatic heterocycles. The van der Waals surface area contributed by atoms with Crippen LogP contribution in [0.4, 0.5) is 17.1 Å². The lowest BCUT2D eigenvalue weighted by Gasteiger charge is -2.18. The molecule has 0 bridgehead atoms. The fourth-order valence-electron chi connectivity index (χ4n) is 3.19. The first-order chi connectivity index (χ1) is 14.6. The van der Waals surface area contributed by atoms with E-state index < -0.39 is 0 Å². The molecule has 0 amide bonds. The van der Waals surface area contributed by atoms with E-state index in [9.17, 15) is 4.79 Å². The molecule has 0 saturated heterocycles. The average Bonchev–Trinajstić information content (AvgIpc) is 2.79. The zero-order valence-electron chi connectivity index (χ0n) is 17.6. The van der Waals surface area contributed by atoms with E-state index in [1.165, 1.54) is 18.2 Å². The second kappa shape index (κ2) is 10.3. The van der Waals surface area contributed by atoms with E-state index in [0.717, 1.165) is 36.6 Å². The van der Waals surface area contributed by atoms with Gasteiger partial charge in [-0.25, -0.2) is 4.79 Å². The molecule has 0 fully saturated rings. The van der Waals surface area contributed by atoms with Gasteiger partial charge in [-0.15, -0.1) is 0 Å². The number of esters is 1. The smallest absolute Gasteiger partial charge is 0.340 e. The van der Waals surface area contributed by atoms with Crippen molar-refractivity contribution in [1.82, 2.24) is 4.98 Å². The van der Waals surface area contributed by atoms with Crippen molar-refractivity contribution >= 4 is 23.0 Å². The highest BCUT2D eigenvalue weighted by molar-refractivity contribution is 5.95. The number of fused-ring (bicyclic) bond motifs is 1. The van der Waals surface area contributed by atoms with Crippen LogP contribution in [0.2, 0.25) is 0 Å². The van der Waals surface area contributed by atoms with Gasteiger partial charge >= 0.3 is 5.97 Å². The van der Waals surface area contributed by atoms with Gasteiger partial charge in [0, 0.05) is 30.7 Å². The highest BCUT2D eigenvalue weighted by atomic mass is 16.5. The lowest BCUT2D eigenvalue weighted by Crippen LogP contribution is -2.08. The summed E-state index contributed by atoms with van der Waals surface area (Å²) in [6, 6.07) is 16.4. The van der Waals surface area contributed by atoms with Gasteiger partial charge in [0.05, 0.1) is 31.2 Å². The number of ether oxygens (including phenoxy) is 2. The summed E-state index contributed by atoms with van der Waals surface area (Å²) in [5, 5.41) is 6.26. The normalized spacial score (nSPS) is 11.8. The van der Waals surface area contributed by atoms with Crippen LogP contribution in [0.15, 0.2) is 60.9 Å². The third kappa shape index (κ3) is 5.50. The summed E-state index contributed by atoms with van der Waals surface area (Å²) in [6.45, 7) is 2.93. The van der Waals surface area contributed by atoms with Crippen molar-refractivity contribution in [3.63, 3.8) is 0 Å². The number of carbonyl (C=O) groups excluding carboxylic acids is 1. The van der Waals surface area contributed by atoms with Gasteiger partial charge in [0.15, 0.2) is 0 Å². The molecule has 156 valence electrons. The standard InChI is InChI=1S/C16H17NO.C8H10N2O2/c1-12-4-2-6-14(10-12)17-15-8-7-13-5-3-9-18-16(13)11-15;1-9-7-5-10-4-3-6(7)8(11)12-2/h2,4,6-8,10-11,17H,3,5,9H2,1H3;3-5,9H,1-2H3. The van der Waals surface area contributed by atoms with Crippen molar-refractivity contribution in [3.05, 3.63) is 77.6 Å². The lowest BCUT2D eigenvalue weighted by atomic mass is 10.1. The maximum Gasteiger partial charge on any atom is 0.340 e. The van der Waals surface area contributed by atoms with E-state index in [0.29, 0.717) is 11.3 Å². The van der Waals surface area contributed by atoms with Crippen LogP contribution in [0.3, 0.4) is 0 Å². The Morgan fingerprint density at radius 2 is 1.97 bits per heavy atom. The van der Waals surface area contributed by atoms with Gasteiger partial charge in [0.25, 0.3) is 0 Å². The SMILES string of the molecule is CNc1cnccc1C(=O)OC.Cc1cccc(Nc2ccc3c(c2)OCCC3)c1. The predicted octanol–water partition coefficient (Wildman–Crippen LogP) is 4.97. The molecule has 4 rings (SSSR count). The molecule has 0 radical (unpaired) electrons. The number of nitrogens with zero attached hydrogens (tertiary/aromatic N) is 1. The molecule has 1 aliphatic rings. The molecule has 0 unspecified atom stereocenters. The Hall–Kier alpha value is -3.54. The van der Waals surface area contributed by atoms with Crippen molar-refractivity contribution in [3.8, 4) is 5.75 Å². The van der Waals surface area contributed by atoms with Crippen LogP contribution in [0, 0.1) is 6.92 Å². The Morgan fingerprint density at radius 3 is 2.73 bits per heavy atom. The number of hydrogen-bond donors (Lipinski definition) is 2. The molecule has 3 aromatic rings.